The molecule has 9 heteroatoms. The summed E-state index contributed by atoms with van der Waals surface area (Å²) < 4.78 is 10.9. The van der Waals surface area contributed by atoms with Gasteiger partial charge < -0.3 is 20.1 Å². The maximum absolute atomic E-state index is 12.1. The van der Waals surface area contributed by atoms with Crippen LogP contribution in [0.25, 0.3) is 0 Å². The van der Waals surface area contributed by atoms with Crippen molar-refractivity contribution in [3.8, 4) is 11.5 Å². The van der Waals surface area contributed by atoms with E-state index in [-0.39, 0.29) is 12.5 Å². The van der Waals surface area contributed by atoms with Crippen molar-refractivity contribution in [3.63, 3.8) is 0 Å². The van der Waals surface area contributed by atoms with Gasteiger partial charge in [-0.05, 0) is 48.4 Å². The minimum Gasteiger partial charge on any atom is -0.493 e. The number of hydrogen-bond acceptors (Lipinski definition) is 6. The predicted molar refractivity (Wildman–Crippen MR) is 132 cm³/mol. The molecule has 0 aromatic heterocycles. The molecule has 35 heavy (non-hydrogen) atoms. The van der Waals surface area contributed by atoms with Crippen LogP contribution in [0.2, 0.25) is 0 Å². The molecule has 0 saturated heterocycles. The molecular weight excluding hydrogens is 448 g/mol. The molecule has 180 valence electrons. The van der Waals surface area contributed by atoms with Gasteiger partial charge >= 0.3 is 11.8 Å². The molecule has 3 rings (SSSR count). The molecule has 0 bridgehead atoms. The lowest BCUT2D eigenvalue weighted by atomic mass is 10.2. The van der Waals surface area contributed by atoms with E-state index in [0.717, 1.165) is 11.1 Å². The Morgan fingerprint density at radius 3 is 2.37 bits per heavy atom. The molecule has 3 aromatic rings. The van der Waals surface area contributed by atoms with E-state index in [4.69, 9.17) is 9.47 Å². The number of ether oxygens (including phenoxy) is 2. The second kappa shape index (κ2) is 12.5. The van der Waals surface area contributed by atoms with Gasteiger partial charge in [0.15, 0.2) is 18.1 Å². The van der Waals surface area contributed by atoms with Crippen LogP contribution in [0.15, 0.2) is 77.9 Å². The Bertz CT molecular complexity index is 1190. The van der Waals surface area contributed by atoms with Crippen LogP contribution in [0, 0.1) is 6.92 Å². The Hall–Kier alpha value is -4.66. The number of benzene rings is 3. The summed E-state index contributed by atoms with van der Waals surface area (Å²) in [6.45, 7) is 2.15. The topological polar surface area (TPSA) is 118 Å². The Kier molecular flexibility index (Phi) is 8.95. The highest BCUT2D eigenvalue weighted by Gasteiger charge is 2.13. The first-order valence-corrected chi connectivity index (χ1v) is 10.8. The van der Waals surface area contributed by atoms with Gasteiger partial charge in [-0.3, -0.25) is 14.4 Å². The highest BCUT2D eigenvalue weighted by molar-refractivity contribution is 6.39. The van der Waals surface area contributed by atoms with Crippen LogP contribution in [0.3, 0.4) is 0 Å². The fourth-order valence-corrected chi connectivity index (χ4v) is 2.92. The molecule has 3 aromatic carbocycles. The third kappa shape index (κ3) is 8.01. The number of carbonyl (C=O) groups is 3. The summed E-state index contributed by atoms with van der Waals surface area (Å²) >= 11 is 0. The van der Waals surface area contributed by atoms with Gasteiger partial charge in [0.25, 0.3) is 5.91 Å². The summed E-state index contributed by atoms with van der Waals surface area (Å²) in [6, 6.07) is 21.5. The van der Waals surface area contributed by atoms with E-state index >= 15 is 0 Å². The van der Waals surface area contributed by atoms with Crippen molar-refractivity contribution in [1.82, 2.24) is 10.7 Å². The van der Waals surface area contributed by atoms with Crippen LogP contribution in [0.4, 0.5) is 5.69 Å². The van der Waals surface area contributed by atoms with Gasteiger partial charge in [0.2, 0.25) is 0 Å². The summed E-state index contributed by atoms with van der Waals surface area (Å²) in [6.07, 6.45) is 1.36. The van der Waals surface area contributed by atoms with E-state index in [1.807, 2.05) is 49.4 Å². The van der Waals surface area contributed by atoms with Crippen LogP contribution < -0.4 is 25.5 Å². The lowest BCUT2D eigenvalue weighted by Gasteiger charge is -2.11. The highest BCUT2D eigenvalue weighted by Crippen LogP contribution is 2.27. The normalized spacial score (nSPS) is 10.5. The van der Waals surface area contributed by atoms with Crippen molar-refractivity contribution < 1.29 is 23.9 Å². The smallest absolute Gasteiger partial charge is 0.329 e. The number of nitrogens with one attached hydrogen (secondary N) is 3. The standard InChI is InChI=1S/C26H26N4O5/c1-18-8-11-21(12-9-18)29-25(32)26(33)30-28-16-20-10-13-22(23(14-20)34-2)35-17-24(31)27-15-19-6-4-3-5-7-19/h3-14,16H,15,17H2,1-2H3,(H,27,31)(H,29,32)(H,30,33)/b28-16+. The molecule has 3 amide bonds. The molecular formula is C26H26N4O5. The molecule has 0 atom stereocenters. The third-order valence-corrected chi connectivity index (χ3v) is 4.77. The number of methoxy groups -OCH3 is 1. The SMILES string of the molecule is COc1cc(/C=N/NC(=O)C(=O)Nc2ccc(C)cc2)ccc1OCC(=O)NCc1ccccc1. The molecule has 0 spiro atoms. The maximum atomic E-state index is 12.1. The Morgan fingerprint density at radius 1 is 0.914 bits per heavy atom. The molecule has 0 aliphatic rings. The zero-order valence-corrected chi connectivity index (χ0v) is 19.4. The van der Waals surface area contributed by atoms with E-state index in [2.05, 4.69) is 21.2 Å². The number of nitrogens with zero attached hydrogens (tertiary/aromatic N) is 1. The summed E-state index contributed by atoms with van der Waals surface area (Å²) in [5.74, 6) is -1.25. The van der Waals surface area contributed by atoms with E-state index in [1.165, 1.54) is 13.3 Å². The first-order chi connectivity index (χ1) is 16.9. The summed E-state index contributed by atoms with van der Waals surface area (Å²) in [5.41, 5.74) is 5.29. The van der Waals surface area contributed by atoms with Gasteiger partial charge in [0.1, 0.15) is 0 Å². The number of hydrogen-bond donors (Lipinski definition) is 3. The van der Waals surface area contributed by atoms with Crippen LogP contribution in [-0.4, -0.2) is 37.7 Å². The minimum absolute atomic E-state index is 0.178. The number of anilines is 1. The van der Waals surface area contributed by atoms with Crippen LogP contribution in [0.1, 0.15) is 16.7 Å². The summed E-state index contributed by atoms with van der Waals surface area (Å²) in [7, 11) is 1.47. The number of hydrazone groups is 1. The van der Waals surface area contributed by atoms with Gasteiger partial charge in [0, 0.05) is 12.2 Å². The second-order valence-corrected chi connectivity index (χ2v) is 7.48. The van der Waals surface area contributed by atoms with Gasteiger partial charge in [-0.25, -0.2) is 5.43 Å². The first-order valence-electron chi connectivity index (χ1n) is 10.8. The predicted octanol–water partition coefficient (Wildman–Crippen LogP) is 2.79. The fourth-order valence-electron chi connectivity index (χ4n) is 2.92. The van der Waals surface area contributed by atoms with Gasteiger partial charge in [-0.2, -0.15) is 5.10 Å². The maximum Gasteiger partial charge on any atom is 0.329 e. The molecule has 0 heterocycles. The lowest BCUT2D eigenvalue weighted by molar-refractivity contribution is -0.136. The molecule has 0 saturated carbocycles. The Morgan fingerprint density at radius 2 is 1.66 bits per heavy atom. The Labute approximate surface area is 203 Å². The molecule has 0 aliphatic heterocycles. The largest absolute Gasteiger partial charge is 0.493 e. The van der Waals surface area contributed by atoms with Crippen molar-refractivity contribution in [2.45, 2.75) is 13.5 Å². The molecule has 3 N–H and O–H groups in total. The number of carbonyl (C=O) groups excluding carboxylic acids is 3. The molecule has 0 radical (unpaired) electrons. The molecule has 0 fully saturated rings. The molecule has 0 aliphatic carbocycles. The van der Waals surface area contributed by atoms with E-state index in [1.54, 1.807) is 30.3 Å². The van der Waals surface area contributed by atoms with Crippen molar-refractivity contribution >= 4 is 29.6 Å². The number of aryl methyl sites for hydroxylation is 1. The second-order valence-electron chi connectivity index (χ2n) is 7.48. The summed E-state index contributed by atoms with van der Waals surface area (Å²) in [4.78, 5) is 36.0. The number of amides is 3. The third-order valence-electron chi connectivity index (χ3n) is 4.77. The minimum atomic E-state index is -0.907. The highest BCUT2D eigenvalue weighted by atomic mass is 16.5. The lowest BCUT2D eigenvalue weighted by Crippen LogP contribution is -2.32. The van der Waals surface area contributed by atoms with Crippen LogP contribution >= 0.6 is 0 Å². The van der Waals surface area contributed by atoms with Crippen molar-refractivity contribution in [3.05, 3.63) is 89.5 Å². The zero-order valence-electron chi connectivity index (χ0n) is 19.4. The summed E-state index contributed by atoms with van der Waals surface area (Å²) in [5, 5.41) is 9.08. The molecule has 0 unspecified atom stereocenters. The van der Waals surface area contributed by atoms with Crippen molar-refractivity contribution in [1.29, 1.82) is 0 Å². The monoisotopic (exact) mass is 474 g/mol. The van der Waals surface area contributed by atoms with Crippen molar-refractivity contribution in [2.75, 3.05) is 19.0 Å². The van der Waals surface area contributed by atoms with Gasteiger partial charge in [-0.1, -0.05) is 48.0 Å². The average Bonchev–Trinajstić information content (AvgIpc) is 2.88. The molecule has 9 nitrogen and oxygen atoms in total. The van der Waals surface area contributed by atoms with E-state index in [9.17, 15) is 14.4 Å². The van der Waals surface area contributed by atoms with Crippen LogP contribution in [-0.2, 0) is 20.9 Å². The van der Waals surface area contributed by atoms with Crippen LogP contribution in [0.5, 0.6) is 11.5 Å². The number of rotatable bonds is 9. The average molecular weight is 475 g/mol. The van der Waals surface area contributed by atoms with E-state index in [0.29, 0.717) is 29.3 Å². The fraction of sp³-hybridized carbons (Fsp3) is 0.154. The van der Waals surface area contributed by atoms with Gasteiger partial charge in [-0.15, -0.1) is 0 Å². The quantitative estimate of drug-likeness (QED) is 0.250. The van der Waals surface area contributed by atoms with E-state index < -0.39 is 11.8 Å². The van der Waals surface area contributed by atoms with Crippen molar-refractivity contribution in [2.24, 2.45) is 5.10 Å². The first kappa shape index (κ1) is 25.0. The zero-order chi connectivity index (χ0) is 25.0. The Balaban J connectivity index is 1.48. The van der Waals surface area contributed by atoms with Gasteiger partial charge in [0.05, 0.1) is 13.3 Å².